The van der Waals surface area contributed by atoms with Crippen molar-refractivity contribution in [2.75, 3.05) is 33.3 Å². The molecule has 0 saturated carbocycles. The maximum Gasteiger partial charge on any atom is 0.251 e. The quantitative estimate of drug-likeness (QED) is 0.790. The number of likely N-dealkylation sites (N-methyl/N-ethyl adjacent to an activating group) is 1. The van der Waals surface area contributed by atoms with Gasteiger partial charge in [-0.25, -0.2) is 0 Å². The van der Waals surface area contributed by atoms with Crippen LogP contribution in [0.25, 0.3) is 0 Å². The number of methoxy groups -OCH3 is 1. The Kier molecular flexibility index (Phi) is 5.91. The summed E-state index contributed by atoms with van der Waals surface area (Å²) in [5.74, 6) is -0.449. The van der Waals surface area contributed by atoms with Gasteiger partial charge in [-0.2, -0.15) is 0 Å². The van der Waals surface area contributed by atoms with E-state index >= 15 is 0 Å². The van der Waals surface area contributed by atoms with Crippen LogP contribution in [0.3, 0.4) is 0 Å². The number of ether oxygens (including phenoxy) is 1. The Morgan fingerprint density at radius 3 is 2.64 bits per heavy atom. The summed E-state index contributed by atoms with van der Waals surface area (Å²) in [5.41, 5.74) is 0.545. The topological polar surface area (TPSA) is 70.7 Å². The molecule has 1 aliphatic heterocycles. The molecule has 1 fully saturated rings. The van der Waals surface area contributed by atoms with E-state index < -0.39 is 0 Å². The lowest BCUT2D eigenvalue weighted by Gasteiger charge is -2.18. The van der Waals surface area contributed by atoms with Gasteiger partial charge in [-0.3, -0.25) is 14.5 Å². The second-order valence-electron chi connectivity index (χ2n) is 5.35. The fraction of sp³-hybridized carbons (Fsp3) is 0.500. The number of hydrogen-bond acceptors (Lipinski definition) is 4. The van der Waals surface area contributed by atoms with Gasteiger partial charge in [0.15, 0.2) is 0 Å². The average molecular weight is 305 g/mol. The molecule has 0 spiro atoms. The van der Waals surface area contributed by atoms with Crippen molar-refractivity contribution >= 4 is 11.8 Å². The number of nitrogens with zero attached hydrogens (tertiary/aromatic N) is 1. The summed E-state index contributed by atoms with van der Waals surface area (Å²) in [4.78, 5) is 26.1. The molecule has 1 saturated heterocycles. The molecule has 0 bridgehead atoms. The van der Waals surface area contributed by atoms with E-state index in [1.165, 1.54) is 0 Å². The molecular weight excluding hydrogens is 282 g/mol. The molecule has 120 valence electrons. The molecule has 2 atom stereocenters. The maximum absolute atomic E-state index is 12.0. The Morgan fingerprint density at radius 2 is 2.00 bits per heavy atom. The van der Waals surface area contributed by atoms with Crippen molar-refractivity contribution in [2.24, 2.45) is 0 Å². The number of amides is 2. The molecule has 1 aromatic rings. The van der Waals surface area contributed by atoms with Crippen LogP contribution in [-0.4, -0.2) is 62.1 Å². The van der Waals surface area contributed by atoms with Crippen LogP contribution in [0.2, 0.25) is 0 Å². The Hall–Kier alpha value is -1.92. The molecule has 6 heteroatoms. The van der Waals surface area contributed by atoms with E-state index in [9.17, 15) is 9.59 Å². The molecule has 0 aliphatic carbocycles. The van der Waals surface area contributed by atoms with Gasteiger partial charge in [-0.15, -0.1) is 0 Å². The summed E-state index contributed by atoms with van der Waals surface area (Å²) in [6.45, 7) is 4.56. The van der Waals surface area contributed by atoms with E-state index in [0.717, 1.165) is 19.6 Å². The van der Waals surface area contributed by atoms with Gasteiger partial charge in [0.1, 0.15) is 0 Å². The molecular formula is C16H23N3O3. The molecule has 0 radical (unpaired) electrons. The number of hydrogen-bond donors (Lipinski definition) is 2. The van der Waals surface area contributed by atoms with Gasteiger partial charge >= 0.3 is 0 Å². The zero-order valence-electron chi connectivity index (χ0n) is 13.0. The summed E-state index contributed by atoms with van der Waals surface area (Å²) in [6.07, 6.45) is -0.00581. The lowest BCUT2D eigenvalue weighted by atomic mass is 10.2. The van der Waals surface area contributed by atoms with Crippen molar-refractivity contribution in [3.05, 3.63) is 35.9 Å². The first-order valence-electron chi connectivity index (χ1n) is 7.51. The van der Waals surface area contributed by atoms with Crippen molar-refractivity contribution in [3.8, 4) is 0 Å². The standard InChI is InChI=1S/C16H23N3O3/c1-3-19-10-13(14(11-19)22-2)18-15(20)9-17-16(21)12-7-5-4-6-8-12/h4-8,13-14H,3,9-11H2,1-2H3,(H,17,21)(H,18,20)/t13-,14-/m0/s1. The van der Waals surface area contributed by atoms with Crippen LogP contribution >= 0.6 is 0 Å². The highest BCUT2D eigenvalue weighted by Crippen LogP contribution is 2.12. The van der Waals surface area contributed by atoms with Gasteiger partial charge in [0.25, 0.3) is 5.91 Å². The minimum absolute atomic E-state index is 0.00581. The fourth-order valence-electron chi connectivity index (χ4n) is 2.60. The number of nitrogens with one attached hydrogen (secondary N) is 2. The van der Waals surface area contributed by atoms with E-state index in [1.54, 1.807) is 31.4 Å². The van der Waals surface area contributed by atoms with Gasteiger partial charge in [-0.05, 0) is 18.7 Å². The van der Waals surface area contributed by atoms with Crippen LogP contribution < -0.4 is 10.6 Å². The molecule has 2 N–H and O–H groups in total. The second kappa shape index (κ2) is 7.91. The summed E-state index contributed by atoms with van der Waals surface area (Å²) in [6, 6.07) is 8.81. The van der Waals surface area contributed by atoms with E-state index in [4.69, 9.17) is 4.74 Å². The Morgan fingerprint density at radius 1 is 1.27 bits per heavy atom. The highest BCUT2D eigenvalue weighted by atomic mass is 16.5. The lowest BCUT2D eigenvalue weighted by Crippen LogP contribution is -2.47. The first kappa shape index (κ1) is 16.5. The van der Waals surface area contributed by atoms with Crippen molar-refractivity contribution in [3.63, 3.8) is 0 Å². The number of benzene rings is 1. The van der Waals surface area contributed by atoms with Gasteiger partial charge in [-0.1, -0.05) is 25.1 Å². The third kappa shape index (κ3) is 4.29. The molecule has 22 heavy (non-hydrogen) atoms. The average Bonchev–Trinajstić information content (AvgIpc) is 2.95. The summed E-state index contributed by atoms with van der Waals surface area (Å²) >= 11 is 0. The van der Waals surface area contributed by atoms with Crippen LogP contribution in [0.1, 0.15) is 17.3 Å². The summed E-state index contributed by atoms with van der Waals surface area (Å²) in [5, 5.41) is 5.56. The minimum Gasteiger partial charge on any atom is -0.378 e. The number of carbonyl (C=O) groups excluding carboxylic acids is 2. The third-order valence-electron chi connectivity index (χ3n) is 3.88. The molecule has 1 aliphatic rings. The van der Waals surface area contributed by atoms with E-state index in [1.807, 2.05) is 6.07 Å². The molecule has 0 aromatic heterocycles. The molecule has 1 heterocycles. The van der Waals surface area contributed by atoms with Crippen molar-refractivity contribution < 1.29 is 14.3 Å². The zero-order valence-corrected chi connectivity index (χ0v) is 13.0. The maximum atomic E-state index is 12.0. The SMILES string of the molecule is CCN1C[C@H](NC(=O)CNC(=O)c2ccccc2)[C@@H](OC)C1. The van der Waals surface area contributed by atoms with Gasteiger partial charge < -0.3 is 15.4 Å². The van der Waals surface area contributed by atoms with Crippen molar-refractivity contribution in [1.29, 1.82) is 0 Å². The highest BCUT2D eigenvalue weighted by molar-refractivity contribution is 5.96. The van der Waals surface area contributed by atoms with E-state index in [-0.39, 0.29) is 30.5 Å². The molecule has 2 amide bonds. The van der Waals surface area contributed by atoms with Gasteiger partial charge in [0.2, 0.25) is 5.91 Å². The first-order chi connectivity index (χ1) is 10.6. The first-order valence-corrected chi connectivity index (χ1v) is 7.51. The molecule has 2 rings (SSSR count). The number of rotatable bonds is 6. The fourth-order valence-corrected chi connectivity index (χ4v) is 2.60. The largest absolute Gasteiger partial charge is 0.378 e. The monoisotopic (exact) mass is 305 g/mol. The molecule has 0 unspecified atom stereocenters. The zero-order chi connectivity index (χ0) is 15.9. The minimum atomic E-state index is -0.249. The van der Waals surface area contributed by atoms with Crippen LogP contribution in [0, 0.1) is 0 Å². The smallest absolute Gasteiger partial charge is 0.251 e. The Bertz CT molecular complexity index is 507. The van der Waals surface area contributed by atoms with Gasteiger partial charge in [0.05, 0.1) is 18.7 Å². The predicted octanol–water partition coefficient (Wildman–Crippen LogP) is 0.252. The Labute approximate surface area is 130 Å². The highest BCUT2D eigenvalue weighted by Gasteiger charge is 2.32. The lowest BCUT2D eigenvalue weighted by molar-refractivity contribution is -0.121. The third-order valence-corrected chi connectivity index (χ3v) is 3.88. The molecule has 1 aromatic carbocycles. The van der Waals surface area contributed by atoms with Crippen LogP contribution in [-0.2, 0) is 9.53 Å². The normalized spacial score (nSPS) is 21.5. The van der Waals surface area contributed by atoms with Crippen molar-refractivity contribution in [1.82, 2.24) is 15.5 Å². The van der Waals surface area contributed by atoms with Crippen LogP contribution in [0.15, 0.2) is 30.3 Å². The Balaban J connectivity index is 1.79. The van der Waals surface area contributed by atoms with Crippen molar-refractivity contribution in [2.45, 2.75) is 19.1 Å². The second-order valence-corrected chi connectivity index (χ2v) is 5.35. The number of carbonyl (C=O) groups is 2. The summed E-state index contributed by atoms with van der Waals surface area (Å²) in [7, 11) is 1.65. The number of likely N-dealkylation sites (tertiary alicyclic amines) is 1. The van der Waals surface area contributed by atoms with E-state index in [0.29, 0.717) is 5.56 Å². The van der Waals surface area contributed by atoms with Crippen LogP contribution in [0.4, 0.5) is 0 Å². The van der Waals surface area contributed by atoms with E-state index in [2.05, 4.69) is 22.5 Å². The molecule has 6 nitrogen and oxygen atoms in total. The van der Waals surface area contributed by atoms with Gasteiger partial charge in [0, 0.05) is 25.8 Å². The predicted molar refractivity (Wildman–Crippen MR) is 83.6 cm³/mol. The summed E-state index contributed by atoms with van der Waals surface area (Å²) < 4.78 is 5.41. The van der Waals surface area contributed by atoms with Crippen LogP contribution in [0.5, 0.6) is 0 Å².